The molecule has 2 heterocycles. The van der Waals surface area contributed by atoms with Crippen molar-refractivity contribution in [3.63, 3.8) is 0 Å². The second-order valence-electron chi connectivity index (χ2n) is 7.35. The number of alkyl halides is 3. The highest BCUT2D eigenvalue weighted by Crippen LogP contribution is 2.39. The molecule has 0 saturated heterocycles. The third kappa shape index (κ3) is 5.90. The number of pyridine rings is 1. The molecule has 0 fully saturated rings. The van der Waals surface area contributed by atoms with Crippen molar-refractivity contribution in [1.82, 2.24) is 15.0 Å². The van der Waals surface area contributed by atoms with Crippen molar-refractivity contribution in [2.45, 2.75) is 32.5 Å². The summed E-state index contributed by atoms with van der Waals surface area (Å²) in [5.41, 5.74) is 0.119. The number of carbonyl (C=O) groups is 1. The van der Waals surface area contributed by atoms with Gasteiger partial charge in [-0.1, -0.05) is 19.1 Å². The molecule has 9 nitrogen and oxygen atoms in total. The molecule has 0 radical (unpaired) electrons. The average Bonchev–Trinajstić information content (AvgIpc) is 2.75. The Kier molecular flexibility index (Phi) is 7.24. The maximum atomic E-state index is 14.1. The lowest BCUT2D eigenvalue weighted by atomic mass is 10.1. The monoisotopic (exact) mass is 497 g/mol. The predicted molar refractivity (Wildman–Crippen MR) is 120 cm³/mol. The molecule has 3 aromatic rings. The summed E-state index contributed by atoms with van der Waals surface area (Å²) >= 11 is 0. The van der Waals surface area contributed by atoms with Crippen LogP contribution in [-0.4, -0.2) is 48.3 Å². The Bertz CT molecular complexity index is 1300. The SMILES string of the molecule is CCCS(=O)(=O)Nc1nc2ccccc2nc1OC(c1ccnc(N(C)C(C)=O)c1)C(F)(F)F. The number of ether oxygens (including phenoxy) is 1. The first-order chi connectivity index (χ1) is 15.9. The van der Waals surface area contributed by atoms with Crippen LogP contribution in [0.3, 0.4) is 0 Å². The Labute approximate surface area is 194 Å². The van der Waals surface area contributed by atoms with Crippen molar-refractivity contribution in [2.24, 2.45) is 0 Å². The van der Waals surface area contributed by atoms with Crippen LogP contribution >= 0.6 is 0 Å². The first-order valence-electron chi connectivity index (χ1n) is 10.1. The highest BCUT2D eigenvalue weighted by atomic mass is 32.2. The van der Waals surface area contributed by atoms with E-state index < -0.39 is 39.9 Å². The van der Waals surface area contributed by atoms with Gasteiger partial charge in [-0.25, -0.2) is 23.4 Å². The van der Waals surface area contributed by atoms with Crippen LogP contribution in [0.15, 0.2) is 42.6 Å². The van der Waals surface area contributed by atoms with Gasteiger partial charge < -0.3 is 9.64 Å². The standard InChI is InChI=1S/C21H22F3N5O4S/c1-4-11-34(31,32)28-19-20(27-16-8-6-5-7-15(16)26-19)33-18(21(22,23)24)14-9-10-25-17(12-14)29(3)13(2)30/h5-10,12,18H,4,11H2,1-3H3,(H,26,28). The minimum absolute atomic E-state index is 0.0173. The molecule has 0 aliphatic rings. The van der Waals surface area contributed by atoms with Gasteiger partial charge in [0, 0.05) is 25.7 Å². The highest BCUT2D eigenvalue weighted by Gasteiger charge is 2.44. The normalized spacial score (nSPS) is 12.9. The second kappa shape index (κ2) is 9.79. The summed E-state index contributed by atoms with van der Waals surface area (Å²) in [4.78, 5) is 24.8. The molecule has 0 bridgehead atoms. The van der Waals surface area contributed by atoms with Crippen LogP contribution < -0.4 is 14.4 Å². The number of sulfonamides is 1. The minimum Gasteiger partial charge on any atom is -0.457 e. The number of hydrogen-bond acceptors (Lipinski definition) is 7. The Morgan fingerprint density at radius 2 is 1.82 bits per heavy atom. The number of hydrogen-bond donors (Lipinski definition) is 1. The number of amides is 1. The zero-order chi connectivity index (χ0) is 25.1. The van der Waals surface area contributed by atoms with Crippen molar-refractivity contribution in [1.29, 1.82) is 0 Å². The van der Waals surface area contributed by atoms with Crippen molar-refractivity contribution < 1.29 is 31.1 Å². The largest absolute Gasteiger partial charge is 0.457 e. The Morgan fingerprint density at radius 3 is 2.41 bits per heavy atom. The molecule has 1 N–H and O–H groups in total. The summed E-state index contributed by atoms with van der Waals surface area (Å²) in [7, 11) is -2.54. The number of aromatic nitrogens is 3. The lowest BCUT2D eigenvalue weighted by molar-refractivity contribution is -0.198. The molecule has 0 spiro atoms. The number of halogens is 3. The van der Waals surface area contributed by atoms with E-state index in [0.29, 0.717) is 0 Å². The van der Waals surface area contributed by atoms with Crippen LogP contribution in [0.1, 0.15) is 31.9 Å². The molecule has 182 valence electrons. The third-order valence-electron chi connectivity index (χ3n) is 4.68. The Morgan fingerprint density at radius 1 is 1.18 bits per heavy atom. The molecule has 0 saturated carbocycles. The van der Waals surface area contributed by atoms with Gasteiger partial charge in [0.1, 0.15) is 5.82 Å². The fraction of sp³-hybridized carbons (Fsp3) is 0.333. The quantitative estimate of drug-likeness (QED) is 0.503. The van der Waals surface area contributed by atoms with E-state index in [0.717, 1.165) is 23.2 Å². The van der Waals surface area contributed by atoms with E-state index in [-0.39, 0.29) is 34.6 Å². The van der Waals surface area contributed by atoms with Gasteiger partial charge in [-0.3, -0.25) is 9.52 Å². The van der Waals surface area contributed by atoms with Gasteiger partial charge in [-0.15, -0.1) is 0 Å². The molecule has 0 aliphatic heterocycles. The number of carbonyl (C=O) groups excluding carboxylic acids is 1. The minimum atomic E-state index is -4.92. The number of nitrogens with one attached hydrogen (secondary N) is 1. The van der Waals surface area contributed by atoms with Gasteiger partial charge >= 0.3 is 6.18 Å². The Balaban J connectivity index is 2.10. The smallest absolute Gasteiger partial charge is 0.429 e. The van der Waals surface area contributed by atoms with Crippen molar-refractivity contribution in [3.05, 3.63) is 48.2 Å². The van der Waals surface area contributed by atoms with E-state index in [9.17, 15) is 26.4 Å². The van der Waals surface area contributed by atoms with Crippen molar-refractivity contribution in [3.8, 4) is 5.88 Å². The molecule has 1 atom stereocenters. The third-order valence-corrected chi connectivity index (χ3v) is 6.13. The topological polar surface area (TPSA) is 114 Å². The summed E-state index contributed by atoms with van der Waals surface area (Å²) in [5.74, 6) is -1.82. The molecule has 1 amide bonds. The maximum Gasteiger partial charge on any atom is 0.429 e. The maximum absolute atomic E-state index is 14.1. The van der Waals surface area contributed by atoms with E-state index >= 15 is 0 Å². The molecule has 0 aliphatic carbocycles. The predicted octanol–water partition coefficient (Wildman–Crippen LogP) is 3.84. The fourth-order valence-corrected chi connectivity index (χ4v) is 4.04. The molecule has 3 rings (SSSR count). The van der Waals surface area contributed by atoms with Gasteiger partial charge in [0.15, 0.2) is 0 Å². The molecular formula is C21H22F3N5O4S. The summed E-state index contributed by atoms with van der Waals surface area (Å²) < 4.78 is 74.3. The van der Waals surface area contributed by atoms with E-state index in [1.54, 1.807) is 19.1 Å². The van der Waals surface area contributed by atoms with E-state index in [2.05, 4.69) is 19.7 Å². The van der Waals surface area contributed by atoms with Crippen molar-refractivity contribution in [2.75, 3.05) is 22.4 Å². The Hall–Kier alpha value is -3.48. The molecular weight excluding hydrogens is 475 g/mol. The van der Waals surface area contributed by atoms with Crippen LogP contribution in [0.25, 0.3) is 11.0 Å². The first kappa shape index (κ1) is 25.1. The van der Waals surface area contributed by atoms with Gasteiger partial charge in [0.05, 0.1) is 16.8 Å². The number of nitrogens with zero attached hydrogens (tertiary/aromatic N) is 4. The summed E-state index contributed by atoms with van der Waals surface area (Å²) in [6.45, 7) is 2.88. The summed E-state index contributed by atoms with van der Waals surface area (Å²) in [6, 6.07) is 8.44. The second-order valence-corrected chi connectivity index (χ2v) is 9.19. The van der Waals surface area contributed by atoms with Gasteiger partial charge in [0.25, 0.3) is 5.88 Å². The van der Waals surface area contributed by atoms with Gasteiger partial charge in [-0.05, 0) is 30.7 Å². The molecule has 13 heteroatoms. The fourth-order valence-electron chi connectivity index (χ4n) is 2.98. The first-order valence-corrected chi connectivity index (χ1v) is 11.8. The average molecular weight is 497 g/mol. The van der Waals surface area contributed by atoms with Crippen LogP contribution in [0.4, 0.5) is 24.8 Å². The number of para-hydroxylation sites is 2. The molecule has 2 aromatic heterocycles. The number of fused-ring (bicyclic) bond motifs is 1. The van der Waals surface area contributed by atoms with Gasteiger partial charge in [0.2, 0.25) is 27.9 Å². The lowest BCUT2D eigenvalue weighted by Crippen LogP contribution is -2.28. The molecule has 1 unspecified atom stereocenters. The van der Waals surface area contributed by atoms with E-state index in [1.807, 2.05) is 0 Å². The van der Waals surface area contributed by atoms with Crippen LogP contribution in [0, 0.1) is 0 Å². The summed E-state index contributed by atoms with van der Waals surface area (Å²) in [5, 5.41) is 0. The lowest BCUT2D eigenvalue weighted by Gasteiger charge is -2.24. The van der Waals surface area contributed by atoms with Crippen LogP contribution in [0.5, 0.6) is 5.88 Å². The van der Waals surface area contributed by atoms with Gasteiger partial charge in [-0.2, -0.15) is 13.2 Å². The molecule has 34 heavy (non-hydrogen) atoms. The van der Waals surface area contributed by atoms with Crippen LogP contribution in [0.2, 0.25) is 0 Å². The number of benzene rings is 1. The van der Waals surface area contributed by atoms with Crippen molar-refractivity contribution >= 4 is 38.6 Å². The number of rotatable bonds is 8. The zero-order valence-corrected chi connectivity index (χ0v) is 19.3. The van der Waals surface area contributed by atoms with E-state index in [4.69, 9.17) is 4.74 Å². The summed E-state index contributed by atoms with van der Waals surface area (Å²) in [6.07, 6.45) is -6.07. The van der Waals surface area contributed by atoms with Crippen LogP contribution in [-0.2, 0) is 14.8 Å². The highest BCUT2D eigenvalue weighted by molar-refractivity contribution is 7.92. The zero-order valence-electron chi connectivity index (χ0n) is 18.5. The van der Waals surface area contributed by atoms with E-state index in [1.165, 1.54) is 26.1 Å². The molecule has 1 aromatic carbocycles. The number of anilines is 2.